The molecule has 0 aromatic heterocycles. The Labute approximate surface area is 79.1 Å². The Bertz CT molecular complexity index is 238. The fourth-order valence-corrected chi connectivity index (χ4v) is 0.527. The molecule has 0 saturated carbocycles. The largest absolute Gasteiger partial charge is 0.366 e. The van der Waals surface area contributed by atoms with Crippen LogP contribution in [0.15, 0.2) is 48.0 Å². The molecule has 0 unspecified atom stereocenters. The summed E-state index contributed by atoms with van der Waals surface area (Å²) in [6.07, 6.45) is 1.68. The predicted molar refractivity (Wildman–Crippen MR) is 55.1 cm³/mol. The van der Waals surface area contributed by atoms with Crippen molar-refractivity contribution in [2.75, 3.05) is 0 Å². The Hall–Kier alpha value is -1.57. The summed E-state index contributed by atoms with van der Waals surface area (Å²) < 4.78 is 0. The number of hydrogen-bond acceptors (Lipinski definition) is 1. The first-order chi connectivity index (χ1) is 6.18. The molecule has 1 amide bonds. The highest BCUT2D eigenvalue weighted by Gasteiger charge is 1.90. The first kappa shape index (κ1) is 11.4. The summed E-state index contributed by atoms with van der Waals surface area (Å²) >= 11 is 0. The highest BCUT2D eigenvalue weighted by atomic mass is 16.1. The molecule has 1 aromatic carbocycles. The van der Waals surface area contributed by atoms with Gasteiger partial charge in [-0.1, -0.05) is 42.5 Å². The molecular weight excluding hydrogens is 162 g/mol. The van der Waals surface area contributed by atoms with E-state index in [1.807, 2.05) is 36.4 Å². The van der Waals surface area contributed by atoms with Crippen LogP contribution in [-0.2, 0) is 4.79 Å². The van der Waals surface area contributed by atoms with Crippen molar-refractivity contribution in [2.24, 2.45) is 5.73 Å². The lowest BCUT2D eigenvalue weighted by atomic mass is 10.3. The molecule has 0 atom stereocenters. The zero-order valence-electron chi connectivity index (χ0n) is 8.03. The van der Waals surface area contributed by atoms with E-state index in [0.717, 1.165) is 0 Å². The quantitative estimate of drug-likeness (QED) is 0.656. The van der Waals surface area contributed by atoms with Gasteiger partial charge in [0.15, 0.2) is 0 Å². The van der Waals surface area contributed by atoms with E-state index >= 15 is 0 Å². The van der Waals surface area contributed by atoms with Crippen LogP contribution in [0.3, 0.4) is 0 Å². The van der Waals surface area contributed by atoms with Gasteiger partial charge in [-0.2, -0.15) is 0 Å². The standard InChI is InChI=1S/C6H6.C5H9NO/c1-2-4-6-5-3-1;1-3-4(2)5(6)7/h1-6H;3H,1-2H3,(H2,6,7). The summed E-state index contributed by atoms with van der Waals surface area (Å²) in [6, 6.07) is 12.0. The first-order valence-electron chi connectivity index (χ1n) is 4.11. The van der Waals surface area contributed by atoms with Crippen molar-refractivity contribution in [3.63, 3.8) is 0 Å². The van der Waals surface area contributed by atoms with Crippen molar-refractivity contribution >= 4 is 5.91 Å². The number of nitrogens with two attached hydrogens (primary N) is 1. The van der Waals surface area contributed by atoms with Crippen LogP contribution in [0.2, 0.25) is 0 Å². The first-order valence-corrected chi connectivity index (χ1v) is 4.11. The summed E-state index contributed by atoms with van der Waals surface area (Å²) in [5.41, 5.74) is 5.45. The van der Waals surface area contributed by atoms with Crippen LogP contribution in [-0.4, -0.2) is 5.91 Å². The van der Waals surface area contributed by atoms with E-state index in [1.54, 1.807) is 19.9 Å². The van der Waals surface area contributed by atoms with Crippen LogP contribution in [0.4, 0.5) is 0 Å². The molecule has 13 heavy (non-hydrogen) atoms. The van der Waals surface area contributed by atoms with Gasteiger partial charge >= 0.3 is 0 Å². The molecular formula is C11H15NO. The van der Waals surface area contributed by atoms with Gasteiger partial charge in [-0.15, -0.1) is 0 Å². The maximum Gasteiger partial charge on any atom is 0.243 e. The maximum absolute atomic E-state index is 10.1. The SMILES string of the molecule is CC=C(C)C(N)=O.c1ccccc1. The van der Waals surface area contributed by atoms with Crippen LogP contribution in [0.1, 0.15) is 13.8 Å². The van der Waals surface area contributed by atoms with Gasteiger partial charge in [0.1, 0.15) is 0 Å². The third-order valence-corrected chi connectivity index (χ3v) is 1.49. The Morgan fingerprint density at radius 3 is 1.46 bits per heavy atom. The minimum absolute atomic E-state index is 0.345. The zero-order valence-corrected chi connectivity index (χ0v) is 8.03. The maximum atomic E-state index is 10.1. The normalized spacial score (nSPS) is 9.85. The lowest BCUT2D eigenvalue weighted by Gasteiger charge is -1.85. The number of allylic oxidation sites excluding steroid dienone is 1. The van der Waals surface area contributed by atoms with E-state index in [9.17, 15) is 4.79 Å². The summed E-state index contributed by atoms with van der Waals surface area (Å²) in [6.45, 7) is 3.46. The Morgan fingerprint density at radius 2 is 1.38 bits per heavy atom. The topological polar surface area (TPSA) is 43.1 Å². The third-order valence-electron chi connectivity index (χ3n) is 1.49. The second-order valence-corrected chi connectivity index (χ2v) is 2.49. The van der Waals surface area contributed by atoms with Crippen molar-refractivity contribution in [2.45, 2.75) is 13.8 Å². The minimum Gasteiger partial charge on any atom is -0.366 e. The van der Waals surface area contributed by atoms with E-state index < -0.39 is 0 Å². The van der Waals surface area contributed by atoms with E-state index in [1.165, 1.54) is 0 Å². The van der Waals surface area contributed by atoms with Crippen molar-refractivity contribution in [1.82, 2.24) is 0 Å². The second-order valence-electron chi connectivity index (χ2n) is 2.49. The third kappa shape index (κ3) is 6.81. The molecule has 0 spiro atoms. The van der Waals surface area contributed by atoms with Crippen LogP contribution >= 0.6 is 0 Å². The molecule has 1 rings (SSSR count). The van der Waals surface area contributed by atoms with Crippen molar-refractivity contribution in [3.05, 3.63) is 48.0 Å². The second kappa shape index (κ2) is 7.10. The van der Waals surface area contributed by atoms with Crippen molar-refractivity contribution < 1.29 is 4.79 Å². The van der Waals surface area contributed by atoms with Crippen LogP contribution in [0, 0.1) is 0 Å². The number of carbonyl (C=O) groups is 1. The Kier molecular flexibility index (Phi) is 6.24. The highest BCUT2D eigenvalue weighted by molar-refractivity contribution is 5.91. The molecule has 0 radical (unpaired) electrons. The highest BCUT2D eigenvalue weighted by Crippen LogP contribution is 1.85. The Morgan fingerprint density at radius 1 is 1.08 bits per heavy atom. The molecule has 0 aliphatic rings. The number of amides is 1. The molecule has 2 nitrogen and oxygen atoms in total. The zero-order chi connectivity index (χ0) is 10.1. The smallest absolute Gasteiger partial charge is 0.243 e. The van der Waals surface area contributed by atoms with Crippen LogP contribution < -0.4 is 5.73 Å². The molecule has 0 bridgehead atoms. The van der Waals surface area contributed by atoms with Crippen molar-refractivity contribution in [3.8, 4) is 0 Å². The molecule has 2 heteroatoms. The van der Waals surface area contributed by atoms with Gasteiger partial charge in [0.05, 0.1) is 0 Å². The molecule has 0 heterocycles. The van der Waals surface area contributed by atoms with E-state index in [0.29, 0.717) is 5.57 Å². The van der Waals surface area contributed by atoms with E-state index in [-0.39, 0.29) is 5.91 Å². The minimum atomic E-state index is -0.345. The number of benzene rings is 1. The molecule has 1 aromatic rings. The average Bonchev–Trinajstić information content (AvgIpc) is 2.20. The summed E-state index contributed by atoms with van der Waals surface area (Å²) in [4.78, 5) is 10.1. The number of carbonyl (C=O) groups excluding carboxylic acids is 1. The van der Waals surface area contributed by atoms with Gasteiger partial charge in [-0.3, -0.25) is 4.79 Å². The van der Waals surface area contributed by atoms with Gasteiger partial charge < -0.3 is 5.73 Å². The number of rotatable bonds is 1. The Balaban J connectivity index is 0.000000223. The summed E-state index contributed by atoms with van der Waals surface area (Å²) in [7, 11) is 0. The molecule has 0 saturated heterocycles. The van der Waals surface area contributed by atoms with Crippen LogP contribution in [0.25, 0.3) is 0 Å². The molecule has 0 aliphatic carbocycles. The monoisotopic (exact) mass is 177 g/mol. The number of primary amides is 1. The average molecular weight is 177 g/mol. The molecule has 0 fully saturated rings. The van der Waals surface area contributed by atoms with E-state index in [2.05, 4.69) is 0 Å². The summed E-state index contributed by atoms with van der Waals surface area (Å²) in [5, 5.41) is 0. The lowest BCUT2D eigenvalue weighted by molar-refractivity contribution is -0.114. The van der Waals surface area contributed by atoms with Gasteiger partial charge in [0.2, 0.25) is 5.91 Å². The lowest BCUT2D eigenvalue weighted by Crippen LogP contribution is -2.10. The molecule has 2 N–H and O–H groups in total. The van der Waals surface area contributed by atoms with Gasteiger partial charge in [-0.05, 0) is 13.8 Å². The van der Waals surface area contributed by atoms with Gasteiger partial charge in [-0.25, -0.2) is 0 Å². The number of hydrogen-bond donors (Lipinski definition) is 1. The van der Waals surface area contributed by atoms with Crippen LogP contribution in [0.5, 0.6) is 0 Å². The van der Waals surface area contributed by atoms with Gasteiger partial charge in [0.25, 0.3) is 0 Å². The fourth-order valence-electron chi connectivity index (χ4n) is 0.527. The van der Waals surface area contributed by atoms with Crippen molar-refractivity contribution in [1.29, 1.82) is 0 Å². The molecule has 0 aliphatic heterocycles. The van der Waals surface area contributed by atoms with E-state index in [4.69, 9.17) is 5.73 Å². The predicted octanol–water partition coefficient (Wildman–Crippen LogP) is 2.12. The molecule has 70 valence electrons. The fraction of sp³-hybridized carbons (Fsp3) is 0.182. The van der Waals surface area contributed by atoms with Gasteiger partial charge in [0, 0.05) is 5.57 Å². The summed E-state index contributed by atoms with van der Waals surface area (Å²) in [5.74, 6) is -0.345.